The van der Waals surface area contributed by atoms with Gasteiger partial charge in [-0.05, 0) is 62.7 Å². The van der Waals surface area contributed by atoms with E-state index in [4.69, 9.17) is 4.98 Å². The van der Waals surface area contributed by atoms with E-state index in [2.05, 4.69) is 70.5 Å². The first kappa shape index (κ1) is 27.4. The summed E-state index contributed by atoms with van der Waals surface area (Å²) in [7, 11) is 2.16. The Morgan fingerprint density at radius 2 is 1.63 bits per heavy atom. The van der Waals surface area contributed by atoms with E-state index in [0.717, 1.165) is 50.1 Å². The number of hydrogen-bond donors (Lipinski definition) is 1. The number of fused-ring (bicyclic) bond motifs is 1. The quantitative estimate of drug-likeness (QED) is 0.472. The molecule has 10 heteroatoms. The monoisotopic (exact) mass is 526 g/mol. The van der Waals surface area contributed by atoms with Gasteiger partial charge in [-0.25, -0.2) is 4.98 Å². The standard InChI is InChI=1S/C26H30N6O.C2H3F3/c1-19-5-3-4-6-21(19)18-32-24(33)12-7-20-17-27-26(29-25(20)32)28-22-8-10-23(11-9-22)31-15-13-30(2)14-16-31;1-2(3,4)5/h5-12,17H,3-4,13-16,18H2,1-2H3,(H,27,28,29);1H3. The Balaban J connectivity index is 0.000000617. The predicted octanol–water partition coefficient (Wildman–Crippen LogP) is 5.52. The summed E-state index contributed by atoms with van der Waals surface area (Å²) < 4.78 is 32.8. The van der Waals surface area contributed by atoms with Crippen LogP contribution in [0.15, 0.2) is 70.7 Å². The van der Waals surface area contributed by atoms with E-state index in [-0.39, 0.29) is 12.5 Å². The van der Waals surface area contributed by atoms with Gasteiger partial charge in [-0.1, -0.05) is 17.7 Å². The first-order valence-corrected chi connectivity index (χ1v) is 12.7. The number of alkyl halides is 3. The van der Waals surface area contributed by atoms with Crippen LogP contribution in [0.2, 0.25) is 0 Å². The number of piperazine rings is 1. The Kier molecular flexibility index (Phi) is 8.51. The summed E-state index contributed by atoms with van der Waals surface area (Å²) >= 11 is 0. The molecule has 1 N–H and O–H groups in total. The van der Waals surface area contributed by atoms with Crippen molar-refractivity contribution in [1.82, 2.24) is 19.4 Å². The molecule has 0 spiro atoms. The molecule has 0 saturated carbocycles. The van der Waals surface area contributed by atoms with Crippen LogP contribution < -0.4 is 15.8 Å². The van der Waals surface area contributed by atoms with E-state index >= 15 is 0 Å². The summed E-state index contributed by atoms with van der Waals surface area (Å²) in [6.45, 7) is 7.06. The van der Waals surface area contributed by atoms with E-state index in [1.54, 1.807) is 22.9 Å². The van der Waals surface area contributed by atoms with Crippen LogP contribution in [-0.4, -0.2) is 58.8 Å². The fourth-order valence-corrected chi connectivity index (χ4v) is 4.44. The highest BCUT2D eigenvalue weighted by Gasteiger charge is 2.16. The van der Waals surface area contributed by atoms with Gasteiger partial charge in [0.05, 0.1) is 6.54 Å². The number of rotatable bonds is 5. The SMILES string of the molecule is CC(F)(F)F.CC1=CCCC=C1Cn1c(=O)ccc2cnc(Nc3ccc(N4CCN(C)CC4)cc3)nc21. The van der Waals surface area contributed by atoms with Crippen LogP contribution in [0.5, 0.6) is 0 Å². The third-order valence-corrected chi connectivity index (χ3v) is 6.56. The molecule has 0 bridgehead atoms. The van der Waals surface area contributed by atoms with Gasteiger partial charge in [-0.15, -0.1) is 0 Å². The average Bonchev–Trinajstić information content (AvgIpc) is 2.87. The molecular weight excluding hydrogens is 493 g/mol. The summed E-state index contributed by atoms with van der Waals surface area (Å²) in [5.41, 5.74) is 5.16. The molecular formula is C28H33F3N6O. The summed E-state index contributed by atoms with van der Waals surface area (Å²) in [4.78, 5) is 26.7. The van der Waals surface area contributed by atoms with Crippen LogP contribution in [0.25, 0.3) is 11.0 Å². The number of aromatic nitrogens is 3. The highest BCUT2D eigenvalue weighted by atomic mass is 19.4. The van der Waals surface area contributed by atoms with Gasteiger partial charge in [0.1, 0.15) is 5.65 Å². The number of halogens is 3. The lowest BCUT2D eigenvalue weighted by Gasteiger charge is -2.34. The number of hydrogen-bond acceptors (Lipinski definition) is 6. The molecule has 1 aromatic carbocycles. The van der Waals surface area contributed by atoms with Crippen molar-refractivity contribution in [3.8, 4) is 0 Å². The second-order valence-corrected chi connectivity index (χ2v) is 9.67. The number of nitrogens with one attached hydrogen (secondary N) is 1. The van der Waals surface area contributed by atoms with Crippen molar-refractivity contribution in [2.24, 2.45) is 0 Å². The smallest absolute Gasteiger partial charge is 0.369 e. The first-order valence-electron chi connectivity index (χ1n) is 12.7. The Morgan fingerprint density at radius 3 is 2.29 bits per heavy atom. The lowest BCUT2D eigenvalue weighted by molar-refractivity contribution is -0.110. The molecule has 0 atom stereocenters. The number of benzene rings is 1. The maximum Gasteiger partial charge on any atom is 0.386 e. The van der Waals surface area contributed by atoms with Crippen molar-refractivity contribution in [2.45, 2.75) is 39.4 Å². The number of pyridine rings is 1. The van der Waals surface area contributed by atoms with Crippen molar-refractivity contribution in [3.05, 3.63) is 76.2 Å². The topological polar surface area (TPSA) is 66.3 Å². The van der Waals surface area contributed by atoms with Crippen LogP contribution in [0.1, 0.15) is 26.7 Å². The fraction of sp³-hybridized carbons (Fsp3) is 0.393. The highest BCUT2D eigenvalue weighted by Crippen LogP contribution is 2.23. The van der Waals surface area contributed by atoms with Gasteiger partial charge in [-0.3, -0.25) is 9.36 Å². The molecule has 1 aliphatic carbocycles. The third kappa shape index (κ3) is 7.44. The van der Waals surface area contributed by atoms with Crippen LogP contribution in [0.3, 0.4) is 0 Å². The van der Waals surface area contributed by atoms with Gasteiger partial charge < -0.3 is 15.1 Å². The number of anilines is 3. The average molecular weight is 527 g/mol. The minimum atomic E-state index is -4.00. The van der Waals surface area contributed by atoms with Crippen molar-refractivity contribution in [2.75, 3.05) is 43.4 Å². The molecule has 1 fully saturated rings. The number of likely N-dealkylation sites (N-methyl/N-ethyl adjacent to an activating group) is 1. The molecule has 1 aliphatic heterocycles. The summed E-state index contributed by atoms with van der Waals surface area (Å²) in [5, 5.41) is 4.15. The molecule has 7 nitrogen and oxygen atoms in total. The van der Waals surface area contributed by atoms with Gasteiger partial charge in [0.2, 0.25) is 5.95 Å². The fourth-order valence-electron chi connectivity index (χ4n) is 4.44. The number of nitrogens with zero attached hydrogens (tertiary/aromatic N) is 5. The lowest BCUT2D eigenvalue weighted by atomic mass is 9.99. The zero-order valence-electron chi connectivity index (χ0n) is 21.9. The molecule has 0 amide bonds. The minimum absolute atomic E-state index is 0.0528. The van der Waals surface area contributed by atoms with E-state index in [9.17, 15) is 18.0 Å². The Hall–Kier alpha value is -3.66. The molecule has 0 unspecified atom stereocenters. The lowest BCUT2D eigenvalue weighted by Crippen LogP contribution is -2.44. The van der Waals surface area contributed by atoms with Gasteiger partial charge in [0.25, 0.3) is 5.56 Å². The molecule has 5 rings (SSSR count). The zero-order valence-corrected chi connectivity index (χ0v) is 21.9. The molecule has 2 aromatic heterocycles. The maximum absolute atomic E-state index is 12.7. The minimum Gasteiger partial charge on any atom is -0.369 e. The Labute approximate surface area is 220 Å². The molecule has 0 radical (unpaired) electrons. The van der Waals surface area contributed by atoms with Gasteiger partial charge in [0, 0.05) is 62.1 Å². The normalized spacial score (nSPS) is 16.4. The van der Waals surface area contributed by atoms with Crippen molar-refractivity contribution < 1.29 is 13.2 Å². The molecule has 202 valence electrons. The summed E-state index contributed by atoms with van der Waals surface area (Å²) in [6.07, 6.45) is 4.31. The molecule has 1 saturated heterocycles. The van der Waals surface area contributed by atoms with Crippen LogP contribution in [0, 0.1) is 0 Å². The zero-order chi connectivity index (χ0) is 27.3. The highest BCUT2D eigenvalue weighted by molar-refractivity contribution is 5.76. The van der Waals surface area contributed by atoms with Crippen molar-refractivity contribution in [3.63, 3.8) is 0 Å². The van der Waals surface area contributed by atoms with Gasteiger partial charge in [0.15, 0.2) is 0 Å². The molecule has 3 heterocycles. The third-order valence-electron chi connectivity index (χ3n) is 6.56. The second kappa shape index (κ2) is 11.8. The first-order chi connectivity index (χ1) is 18.1. The predicted molar refractivity (Wildman–Crippen MR) is 146 cm³/mol. The molecule has 2 aliphatic rings. The maximum atomic E-state index is 12.7. The second-order valence-electron chi connectivity index (χ2n) is 9.67. The van der Waals surface area contributed by atoms with Gasteiger partial charge >= 0.3 is 6.18 Å². The number of allylic oxidation sites excluding steroid dienone is 4. The summed E-state index contributed by atoms with van der Waals surface area (Å²) in [5.74, 6) is 0.485. The van der Waals surface area contributed by atoms with E-state index in [1.807, 2.05) is 0 Å². The molecule has 38 heavy (non-hydrogen) atoms. The van der Waals surface area contributed by atoms with Crippen LogP contribution in [-0.2, 0) is 6.54 Å². The summed E-state index contributed by atoms with van der Waals surface area (Å²) in [6, 6.07) is 11.8. The van der Waals surface area contributed by atoms with E-state index < -0.39 is 6.18 Å². The van der Waals surface area contributed by atoms with E-state index in [1.165, 1.54) is 16.8 Å². The Morgan fingerprint density at radius 1 is 0.974 bits per heavy atom. The van der Waals surface area contributed by atoms with Crippen molar-refractivity contribution in [1.29, 1.82) is 0 Å². The van der Waals surface area contributed by atoms with E-state index in [0.29, 0.717) is 18.1 Å². The van der Waals surface area contributed by atoms with Crippen LogP contribution in [0.4, 0.5) is 30.5 Å². The molecule has 3 aromatic rings. The van der Waals surface area contributed by atoms with Crippen LogP contribution >= 0.6 is 0 Å². The van der Waals surface area contributed by atoms with Crippen molar-refractivity contribution >= 4 is 28.4 Å². The van der Waals surface area contributed by atoms with Gasteiger partial charge in [-0.2, -0.15) is 18.2 Å². The Bertz CT molecular complexity index is 1360. The largest absolute Gasteiger partial charge is 0.386 e.